The average Bonchev–Trinajstić information content (AvgIpc) is 2.00. The fourth-order valence-corrected chi connectivity index (χ4v) is 0.531. The lowest BCUT2D eigenvalue weighted by Gasteiger charge is -2.04. The summed E-state index contributed by atoms with van der Waals surface area (Å²) in [6.45, 7) is 11.9. The highest BCUT2D eigenvalue weighted by Crippen LogP contribution is 2.06. The molecule has 0 fully saturated rings. The van der Waals surface area contributed by atoms with Crippen LogP contribution in [0.4, 0.5) is 0 Å². The molecular weight excluding hydrogens is 138 g/mol. The average molecular weight is 153 g/mol. The molecule has 0 atom stereocenters. The summed E-state index contributed by atoms with van der Waals surface area (Å²) in [5.74, 6) is 0.553. The molecule has 0 aliphatic rings. The van der Waals surface area contributed by atoms with Crippen LogP contribution in [0.15, 0.2) is 29.6 Å². The van der Waals surface area contributed by atoms with E-state index >= 15 is 0 Å². The van der Waals surface area contributed by atoms with E-state index in [0.29, 0.717) is 18.1 Å². The van der Waals surface area contributed by atoms with Crippen molar-refractivity contribution < 1.29 is 4.74 Å². The maximum absolute atomic E-state index is 5.09. The third-order valence-corrected chi connectivity index (χ3v) is 1.07. The van der Waals surface area contributed by atoms with E-state index in [0.717, 1.165) is 6.42 Å². The zero-order valence-electron chi connectivity index (χ0n) is 7.26. The fraction of sp³-hybridized carbons (Fsp3) is 0.444. The van der Waals surface area contributed by atoms with Gasteiger partial charge in [-0.15, -0.1) is 0 Å². The zero-order valence-corrected chi connectivity index (χ0v) is 7.26. The van der Waals surface area contributed by atoms with Crippen molar-refractivity contribution in [3.8, 4) is 0 Å². The molecule has 0 unspecified atom stereocenters. The van der Waals surface area contributed by atoms with Gasteiger partial charge < -0.3 is 4.74 Å². The van der Waals surface area contributed by atoms with Crippen molar-refractivity contribution in [1.82, 2.24) is 0 Å². The molecule has 2 nitrogen and oxygen atoms in total. The van der Waals surface area contributed by atoms with Crippen molar-refractivity contribution in [3.05, 3.63) is 24.6 Å². The number of hydrogen-bond donors (Lipinski definition) is 0. The summed E-state index contributed by atoms with van der Waals surface area (Å²) >= 11 is 0. The van der Waals surface area contributed by atoms with Gasteiger partial charge in [-0.3, -0.25) is 4.99 Å². The Bertz CT molecular complexity index is 170. The van der Waals surface area contributed by atoms with Crippen LogP contribution in [0.2, 0.25) is 0 Å². The third kappa shape index (κ3) is 4.37. The second kappa shape index (κ2) is 5.71. The van der Waals surface area contributed by atoms with Crippen LogP contribution in [0, 0.1) is 0 Å². The van der Waals surface area contributed by atoms with E-state index in [9.17, 15) is 0 Å². The highest BCUT2D eigenvalue weighted by atomic mass is 16.5. The Balaban J connectivity index is 3.83. The zero-order chi connectivity index (χ0) is 8.69. The molecular formula is C9H15NO. The van der Waals surface area contributed by atoms with Gasteiger partial charge in [-0.2, -0.15) is 0 Å². The van der Waals surface area contributed by atoms with E-state index in [-0.39, 0.29) is 0 Å². The van der Waals surface area contributed by atoms with Gasteiger partial charge in [-0.05, 0) is 13.3 Å². The van der Waals surface area contributed by atoms with Crippen molar-refractivity contribution in [1.29, 1.82) is 0 Å². The summed E-state index contributed by atoms with van der Waals surface area (Å²) in [6, 6.07) is 0. The van der Waals surface area contributed by atoms with Crippen LogP contribution in [0.1, 0.15) is 20.3 Å². The number of ether oxygens (including phenoxy) is 1. The molecule has 0 amide bonds. The second-order valence-electron chi connectivity index (χ2n) is 2.02. The Morgan fingerprint density at radius 3 is 2.55 bits per heavy atom. The van der Waals surface area contributed by atoms with Gasteiger partial charge in [0.1, 0.15) is 5.76 Å². The van der Waals surface area contributed by atoms with Crippen LogP contribution in [0.25, 0.3) is 0 Å². The Kier molecular flexibility index (Phi) is 5.17. The van der Waals surface area contributed by atoms with Gasteiger partial charge in [0.25, 0.3) is 0 Å². The molecule has 0 N–H and O–H groups in total. The topological polar surface area (TPSA) is 21.6 Å². The van der Waals surface area contributed by atoms with Crippen molar-refractivity contribution in [3.63, 3.8) is 0 Å². The second-order valence-corrected chi connectivity index (χ2v) is 2.02. The highest BCUT2D eigenvalue weighted by Gasteiger charge is 1.95. The van der Waals surface area contributed by atoms with Crippen LogP contribution in [0.3, 0.4) is 0 Å². The maximum atomic E-state index is 5.09. The monoisotopic (exact) mass is 153 g/mol. The Labute approximate surface area is 68.3 Å². The minimum Gasteiger partial charge on any atom is -0.492 e. The SMILES string of the molecule is C=C(N=CCC)C(=C)OCC. The summed E-state index contributed by atoms with van der Waals surface area (Å²) in [5.41, 5.74) is 0.605. The molecule has 0 aromatic heterocycles. The molecule has 0 heterocycles. The predicted molar refractivity (Wildman–Crippen MR) is 48.7 cm³/mol. The molecule has 0 spiro atoms. The Morgan fingerprint density at radius 1 is 1.45 bits per heavy atom. The minimum absolute atomic E-state index is 0.553. The largest absolute Gasteiger partial charge is 0.492 e. The first-order valence-corrected chi connectivity index (χ1v) is 3.75. The smallest absolute Gasteiger partial charge is 0.137 e. The minimum atomic E-state index is 0.553. The van der Waals surface area contributed by atoms with E-state index < -0.39 is 0 Å². The number of nitrogens with zero attached hydrogens (tertiary/aromatic N) is 1. The lowest BCUT2D eigenvalue weighted by Crippen LogP contribution is -1.91. The standard InChI is InChI=1S/C9H15NO/c1-5-7-10-8(3)9(4)11-6-2/h7H,3-6H2,1-2H3. The lowest BCUT2D eigenvalue weighted by molar-refractivity contribution is 0.239. The molecule has 0 aromatic carbocycles. The molecule has 11 heavy (non-hydrogen) atoms. The van der Waals surface area contributed by atoms with Crippen LogP contribution in [-0.4, -0.2) is 12.8 Å². The molecule has 62 valence electrons. The van der Waals surface area contributed by atoms with Gasteiger partial charge in [0, 0.05) is 6.21 Å². The fourth-order valence-electron chi connectivity index (χ4n) is 0.531. The highest BCUT2D eigenvalue weighted by molar-refractivity contribution is 5.59. The van der Waals surface area contributed by atoms with Crippen LogP contribution >= 0.6 is 0 Å². The number of aliphatic imine (C=N–C) groups is 1. The van der Waals surface area contributed by atoms with Crippen LogP contribution in [-0.2, 0) is 4.74 Å². The molecule has 0 rings (SSSR count). The molecule has 0 aromatic rings. The molecule has 0 bridgehead atoms. The van der Waals surface area contributed by atoms with Crippen molar-refractivity contribution in [2.75, 3.05) is 6.61 Å². The van der Waals surface area contributed by atoms with Gasteiger partial charge in [0.05, 0.1) is 12.3 Å². The lowest BCUT2D eigenvalue weighted by atomic mass is 10.4. The first kappa shape index (κ1) is 9.95. The van der Waals surface area contributed by atoms with E-state index in [4.69, 9.17) is 4.74 Å². The van der Waals surface area contributed by atoms with E-state index in [1.165, 1.54) is 0 Å². The third-order valence-electron chi connectivity index (χ3n) is 1.07. The number of rotatable bonds is 5. The first-order valence-electron chi connectivity index (χ1n) is 3.75. The Morgan fingerprint density at radius 2 is 2.09 bits per heavy atom. The summed E-state index contributed by atoms with van der Waals surface area (Å²) in [5, 5.41) is 0. The maximum Gasteiger partial charge on any atom is 0.137 e. The Hall–Kier alpha value is -1.05. The summed E-state index contributed by atoms with van der Waals surface area (Å²) < 4.78 is 5.09. The van der Waals surface area contributed by atoms with Crippen molar-refractivity contribution in [2.24, 2.45) is 4.99 Å². The summed E-state index contributed by atoms with van der Waals surface area (Å²) in [6.07, 6.45) is 2.69. The van der Waals surface area contributed by atoms with E-state index in [1.807, 2.05) is 13.8 Å². The quantitative estimate of drug-likeness (QED) is 0.338. The van der Waals surface area contributed by atoms with E-state index in [2.05, 4.69) is 18.2 Å². The van der Waals surface area contributed by atoms with Gasteiger partial charge in [0.2, 0.25) is 0 Å². The summed E-state index contributed by atoms with van der Waals surface area (Å²) in [4.78, 5) is 4.02. The van der Waals surface area contributed by atoms with E-state index in [1.54, 1.807) is 6.21 Å². The van der Waals surface area contributed by atoms with Gasteiger partial charge in [0.15, 0.2) is 0 Å². The van der Waals surface area contributed by atoms with Crippen LogP contribution < -0.4 is 0 Å². The van der Waals surface area contributed by atoms with Gasteiger partial charge in [-0.25, -0.2) is 0 Å². The summed E-state index contributed by atoms with van der Waals surface area (Å²) in [7, 11) is 0. The van der Waals surface area contributed by atoms with Crippen molar-refractivity contribution >= 4 is 6.21 Å². The first-order chi connectivity index (χ1) is 5.22. The van der Waals surface area contributed by atoms with Crippen LogP contribution in [0.5, 0.6) is 0 Å². The van der Waals surface area contributed by atoms with Gasteiger partial charge >= 0.3 is 0 Å². The number of hydrogen-bond acceptors (Lipinski definition) is 2. The normalized spacial score (nSPS) is 10.0. The molecule has 0 saturated carbocycles. The van der Waals surface area contributed by atoms with Crippen molar-refractivity contribution in [2.45, 2.75) is 20.3 Å². The molecule has 0 radical (unpaired) electrons. The predicted octanol–water partition coefficient (Wildman–Crippen LogP) is 2.53. The molecule has 0 aliphatic heterocycles. The molecule has 2 heteroatoms. The molecule has 0 aliphatic carbocycles. The molecule has 0 saturated heterocycles. The van der Waals surface area contributed by atoms with Gasteiger partial charge in [-0.1, -0.05) is 20.1 Å².